The number of nitrogens with zero attached hydrogens (tertiary/aromatic N) is 4. The molecule has 0 spiro atoms. The van der Waals surface area contributed by atoms with Gasteiger partial charge in [0.2, 0.25) is 11.8 Å². The van der Waals surface area contributed by atoms with Crippen molar-refractivity contribution in [2.24, 2.45) is 5.73 Å². The van der Waals surface area contributed by atoms with Crippen LogP contribution in [-0.2, 0) is 4.79 Å². The van der Waals surface area contributed by atoms with E-state index >= 15 is 0 Å². The van der Waals surface area contributed by atoms with Crippen molar-refractivity contribution >= 4 is 22.8 Å². The van der Waals surface area contributed by atoms with E-state index in [0.29, 0.717) is 29.2 Å². The number of hydrogen-bond acceptors (Lipinski definition) is 5. The van der Waals surface area contributed by atoms with Gasteiger partial charge >= 0.3 is 0 Å². The number of aromatic nitrogens is 2. The number of likely N-dealkylation sites (tertiary alicyclic amines) is 2. The molecule has 0 bridgehead atoms. The van der Waals surface area contributed by atoms with Crippen LogP contribution >= 0.6 is 0 Å². The van der Waals surface area contributed by atoms with Crippen LogP contribution in [0, 0.1) is 0 Å². The third kappa shape index (κ3) is 3.19. The molecule has 144 valence electrons. The van der Waals surface area contributed by atoms with Gasteiger partial charge in [0, 0.05) is 56.9 Å². The summed E-state index contributed by atoms with van der Waals surface area (Å²) in [6.07, 6.45) is 4.80. The summed E-state index contributed by atoms with van der Waals surface area (Å²) in [6, 6.07) is 3.71. The molecule has 2 aromatic rings. The Bertz CT molecular complexity index is 871. The van der Waals surface area contributed by atoms with E-state index < -0.39 is 12.0 Å². The van der Waals surface area contributed by atoms with Crippen LogP contribution < -0.4 is 5.73 Å². The number of aliphatic hydroxyl groups is 1. The minimum atomic E-state index is -0.509. The van der Waals surface area contributed by atoms with Crippen molar-refractivity contribution in [3.8, 4) is 0 Å². The van der Waals surface area contributed by atoms with Crippen LogP contribution in [0.5, 0.6) is 0 Å². The lowest BCUT2D eigenvalue weighted by atomic mass is 10.0. The highest BCUT2D eigenvalue weighted by Gasteiger charge is 2.38. The maximum absolute atomic E-state index is 11.6. The highest BCUT2D eigenvalue weighted by Crippen LogP contribution is 2.31. The third-order valence-electron chi connectivity index (χ3n) is 5.95. The summed E-state index contributed by atoms with van der Waals surface area (Å²) >= 11 is 0. The largest absolute Gasteiger partial charge is 0.390 e. The highest BCUT2D eigenvalue weighted by molar-refractivity contribution is 6.04. The van der Waals surface area contributed by atoms with E-state index in [-0.39, 0.29) is 11.9 Å². The molecular formula is C19H25N5O3. The SMILES string of the molecule is CC(=O)N1CCC(N2C[C@@H](O)[C@H](n3ccc4c(C(N)=O)ccnc43)C2)CC1. The van der Waals surface area contributed by atoms with E-state index in [0.717, 1.165) is 32.5 Å². The normalized spacial score (nSPS) is 24.6. The Morgan fingerprint density at radius 1 is 1.22 bits per heavy atom. The smallest absolute Gasteiger partial charge is 0.249 e. The van der Waals surface area contributed by atoms with Crippen molar-refractivity contribution in [1.82, 2.24) is 19.4 Å². The zero-order chi connectivity index (χ0) is 19.1. The lowest BCUT2D eigenvalue weighted by molar-refractivity contribution is -0.130. The van der Waals surface area contributed by atoms with Crippen molar-refractivity contribution in [2.45, 2.75) is 38.0 Å². The quantitative estimate of drug-likeness (QED) is 0.811. The van der Waals surface area contributed by atoms with Gasteiger partial charge in [-0.3, -0.25) is 14.5 Å². The monoisotopic (exact) mass is 371 g/mol. The zero-order valence-electron chi connectivity index (χ0n) is 15.4. The predicted molar refractivity (Wildman–Crippen MR) is 100 cm³/mol. The van der Waals surface area contributed by atoms with Gasteiger partial charge in [-0.1, -0.05) is 0 Å². The number of β-amino-alcohol motifs (C(OH)–C–C–N with tert-alkyl or cyclic N) is 1. The van der Waals surface area contributed by atoms with Crippen LogP contribution in [0.1, 0.15) is 36.2 Å². The average molecular weight is 371 g/mol. The van der Waals surface area contributed by atoms with Crippen molar-refractivity contribution in [3.05, 3.63) is 30.1 Å². The fraction of sp³-hybridized carbons (Fsp3) is 0.526. The topological polar surface area (TPSA) is 105 Å². The van der Waals surface area contributed by atoms with E-state index in [1.807, 2.05) is 21.7 Å². The summed E-state index contributed by atoms with van der Waals surface area (Å²) in [6.45, 7) is 4.48. The van der Waals surface area contributed by atoms with Crippen molar-refractivity contribution in [1.29, 1.82) is 0 Å². The van der Waals surface area contributed by atoms with E-state index in [1.54, 1.807) is 19.2 Å². The van der Waals surface area contributed by atoms with Gasteiger partial charge in [0.05, 0.1) is 17.7 Å². The lowest BCUT2D eigenvalue weighted by Gasteiger charge is -2.36. The summed E-state index contributed by atoms with van der Waals surface area (Å²) in [5, 5.41) is 11.4. The second kappa shape index (κ2) is 6.94. The second-order valence-corrected chi connectivity index (χ2v) is 7.51. The predicted octanol–water partition coefficient (Wildman–Crippen LogP) is 0.364. The summed E-state index contributed by atoms with van der Waals surface area (Å²) in [7, 11) is 0. The van der Waals surface area contributed by atoms with Gasteiger partial charge < -0.3 is 20.3 Å². The summed E-state index contributed by atoms with van der Waals surface area (Å²) < 4.78 is 1.96. The van der Waals surface area contributed by atoms with Crippen molar-refractivity contribution in [3.63, 3.8) is 0 Å². The lowest BCUT2D eigenvalue weighted by Crippen LogP contribution is -2.45. The molecule has 3 N–H and O–H groups in total. The zero-order valence-corrected chi connectivity index (χ0v) is 15.4. The second-order valence-electron chi connectivity index (χ2n) is 7.51. The Kier molecular flexibility index (Phi) is 4.61. The molecule has 2 aromatic heterocycles. The van der Waals surface area contributed by atoms with E-state index in [9.17, 15) is 14.7 Å². The maximum Gasteiger partial charge on any atom is 0.249 e. The van der Waals surface area contributed by atoms with Crippen LogP contribution in [-0.4, -0.2) is 74.6 Å². The number of hydrogen-bond donors (Lipinski definition) is 2. The Morgan fingerprint density at radius 2 is 1.96 bits per heavy atom. The standard InChI is InChI=1S/C19H25N5O3/c1-12(25)22-7-3-13(4-8-22)23-10-16(17(26)11-23)24-9-5-15-14(18(20)27)2-6-21-19(15)24/h2,5-6,9,13,16-17,26H,3-4,7-8,10-11H2,1H3,(H2,20,27)/t16-,17-/m1/s1. The van der Waals surface area contributed by atoms with E-state index in [1.165, 1.54) is 0 Å². The number of nitrogens with two attached hydrogens (primary N) is 1. The van der Waals surface area contributed by atoms with Crippen molar-refractivity contribution in [2.75, 3.05) is 26.2 Å². The minimum Gasteiger partial charge on any atom is -0.390 e. The van der Waals surface area contributed by atoms with Crippen LogP contribution in [0.15, 0.2) is 24.5 Å². The molecule has 27 heavy (non-hydrogen) atoms. The number of carbonyl (C=O) groups excluding carboxylic acids is 2. The van der Waals surface area contributed by atoms with E-state index in [2.05, 4.69) is 9.88 Å². The summed E-state index contributed by atoms with van der Waals surface area (Å²) in [4.78, 5) is 31.8. The fourth-order valence-electron chi connectivity index (χ4n) is 4.46. The molecule has 8 nitrogen and oxygen atoms in total. The van der Waals surface area contributed by atoms with Crippen LogP contribution in [0.25, 0.3) is 11.0 Å². The molecule has 2 saturated heterocycles. The number of rotatable bonds is 3. The van der Waals surface area contributed by atoms with Gasteiger partial charge in [0.25, 0.3) is 0 Å². The molecule has 2 fully saturated rings. The number of piperidine rings is 1. The third-order valence-corrected chi connectivity index (χ3v) is 5.95. The molecule has 0 radical (unpaired) electrons. The highest BCUT2D eigenvalue weighted by atomic mass is 16.3. The molecule has 4 heterocycles. The average Bonchev–Trinajstić information content (AvgIpc) is 3.24. The molecule has 0 unspecified atom stereocenters. The first-order valence-electron chi connectivity index (χ1n) is 9.38. The van der Waals surface area contributed by atoms with Crippen LogP contribution in [0.2, 0.25) is 0 Å². The number of primary amides is 1. The molecule has 0 aromatic carbocycles. The number of amides is 2. The number of fused-ring (bicyclic) bond motifs is 1. The Labute approximate surface area is 157 Å². The molecule has 2 aliphatic rings. The summed E-state index contributed by atoms with van der Waals surface area (Å²) in [5.74, 6) is -0.353. The van der Waals surface area contributed by atoms with Gasteiger partial charge in [-0.2, -0.15) is 0 Å². The summed E-state index contributed by atoms with van der Waals surface area (Å²) in [5.41, 5.74) is 6.57. The van der Waals surface area contributed by atoms with Gasteiger partial charge in [-0.25, -0.2) is 4.98 Å². The van der Waals surface area contributed by atoms with Gasteiger partial charge in [-0.15, -0.1) is 0 Å². The molecule has 4 rings (SSSR count). The first-order chi connectivity index (χ1) is 13.0. The molecule has 2 atom stereocenters. The Morgan fingerprint density at radius 3 is 2.63 bits per heavy atom. The van der Waals surface area contributed by atoms with E-state index in [4.69, 9.17) is 5.73 Å². The number of carbonyl (C=O) groups is 2. The van der Waals surface area contributed by atoms with Crippen LogP contribution in [0.3, 0.4) is 0 Å². The maximum atomic E-state index is 11.6. The number of aliphatic hydroxyl groups excluding tert-OH is 1. The van der Waals surface area contributed by atoms with Crippen molar-refractivity contribution < 1.29 is 14.7 Å². The van der Waals surface area contributed by atoms with Gasteiger partial charge in [-0.05, 0) is 25.0 Å². The Balaban J connectivity index is 1.53. The molecule has 2 amide bonds. The van der Waals surface area contributed by atoms with Crippen LogP contribution in [0.4, 0.5) is 0 Å². The molecule has 2 aliphatic heterocycles. The molecular weight excluding hydrogens is 346 g/mol. The molecule has 0 saturated carbocycles. The first-order valence-corrected chi connectivity index (χ1v) is 9.38. The molecule has 0 aliphatic carbocycles. The first kappa shape index (κ1) is 17.9. The fourth-order valence-corrected chi connectivity index (χ4v) is 4.46. The number of pyridine rings is 1. The van der Waals surface area contributed by atoms with Gasteiger partial charge in [0.1, 0.15) is 5.65 Å². The molecule has 8 heteroatoms. The van der Waals surface area contributed by atoms with Gasteiger partial charge in [0.15, 0.2) is 0 Å². The minimum absolute atomic E-state index is 0.121. The Hall–Kier alpha value is -2.45.